The first-order valence-corrected chi connectivity index (χ1v) is 33.5. The van der Waals surface area contributed by atoms with Gasteiger partial charge in [-0.2, -0.15) is 0 Å². The highest BCUT2D eigenvalue weighted by molar-refractivity contribution is 7.26. The van der Waals surface area contributed by atoms with Crippen LogP contribution in [0.5, 0.6) is 0 Å². The average molecular weight is 1220 g/mol. The summed E-state index contributed by atoms with van der Waals surface area (Å²) in [5, 5.41) is 9.91. The lowest BCUT2D eigenvalue weighted by atomic mass is 9.33. The van der Waals surface area contributed by atoms with Crippen LogP contribution in [0.15, 0.2) is 334 Å². The SMILES string of the molecule is c1ccc(-c2ccccc2N2c3cc4c(cc3B3c5cc6sc7cc8cc(N(c9ccccc9)c9ccccc9)ccc8cc7c6cc5N(c5ccccc5-c5ccccc5)c5cccc2c53)sc2cc3cc(N(c5ccccc5)c5ccccc5)ccc3cc24)cc1. The number of hydrogen-bond donors (Lipinski definition) is 0. The zero-order valence-corrected chi connectivity index (χ0v) is 52.1. The molecule has 0 N–H and O–H groups in total. The fourth-order valence-electron chi connectivity index (χ4n) is 15.0. The van der Waals surface area contributed by atoms with Crippen LogP contribution in [0.4, 0.5) is 68.2 Å². The molecule has 0 radical (unpaired) electrons. The number of rotatable bonds is 10. The van der Waals surface area contributed by atoms with E-state index in [4.69, 9.17) is 0 Å². The number of anilines is 12. The second-order valence-electron chi connectivity index (χ2n) is 24.4. The van der Waals surface area contributed by atoms with Crippen molar-refractivity contribution in [3.05, 3.63) is 334 Å². The van der Waals surface area contributed by atoms with E-state index in [0.717, 1.165) is 45.5 Å². The second-order valence-corrected chi connectivity index (χ2v) is 26.5. The van der Waals surface area contributed by atoms with E-state index in [1.807, 2.05) is 22.7 Å². The van der Waals surface area contributed by atoms with Gasteiger partial charge in [0, 0.05) is 108 Å². The summed E-state index contributed by atoms with van der Waals surface area (Å²) in [6.07, 6.45) is 0. The minimum atomic E-state index is -0.113. The average Bonchev–Trinajstić information content (AvgIpc) is 1.60. The summed E-state index contributed by atoms with van der Waals surface area (Å²) >= 11 is 3.82. The highest BCUT2D eigenvalue weighted by Gasteiger charge is 2.45. The molecule has 0 aliphatic carbocycles. The Morgan fingerprint density at radius 1 is 0.237 bits per heavy atom. The third kappa shape index (κ3) is 8.73. The smallest absolute Gasteiger partial charge is 0.252 e. The fraction of sp³-hybridized carbons (Fsp3) is 0. The van der Waals surface area contributed by atoms with E-state index < -0.39 is 0 Å². The Labute approximate surface area is 547 Å². The van der Waals surface area contributed by atoms with Gasteiger partial charge in [-0.05, 0) is 195 Å². The van der Waals surface area contributed by atoms with Gasteiger partial charge in [0.1, 0.15) is 0 Å². The monoisotopic (exact) mass is 1220 g/mol. The molecule has 4 nitrogen and oxygen atoms in total. The van der Waals surface area contributed by atoms with E-state index in [1.54, 1.807) is 0 Å². The molecule has 7 heteroatoms. The van der Waals surface area contributed by atoms with Crippen molar-refractivity contribution in [1.29, 1.82) is 0 Å². The number of fused-ring (bicyclic) bond motifs is 12. The zero-order chi connectivity index (χ0) is 61.1. The Morgan fingerprint density at radius 3 is 0.968 bits per heavy atom. The topological polar surface area (TPSA) is 13.0 Å². The van der Waals surface area contributed by atoms with Gasteiger partial charge in [-0.15, -0.1) is 22.7 Å². The first-order valence-electron chi connectivity index (χ1n) is 31.8. The van der Waals surface area contributed by atoms with Crippen LogP contribution in [0.25, 0.3) is 84.1 Å². The van der Waals surface area contributed by atoms with Crippen LogP contribution in [-0.2, 0) is 0 Å². The molecule has 0 unspecified atom stereocenters. The predicted octanol–water partition coefficient (Wildman–Crippen LogP) is 23.1. The van der Waals surface area contributed by atoms with Crippen LogP contribution < -0.4 is 36.0 Å². The molecule has 0 bridgehead atoms. The second kappa shape index (κ2) is 21.6. The fourth-order valence-corrected chi connectivity index (χ4v) is 17.3. The third-order valence-electron chi connectivity index (χ3n) is 19.1. The highest BCUT2D eigenvalue weighted by atomic mass is 32.1. The third-order valence-corrected chi connectivity index (χ3v) is 21.3. The van der Waals surface area contributed by atoms with Gasteiger partial charge in [0.2, 0.25) is 0 Å². The molecule has 15 aromatic carbocycles. The molecule has 2 aliphatic rings. The molecule has 0 fully saturated rings. The summed E-state index contributed by atoms with van der Waals surface area (Å²) in [6.45, 7) is -0.113. The minimum absolute atomic E-state index is 0.113. The number of hydrogen-bond acceptors (Lipinski definition) is 6. The van der Waals surface area contributed by atoms with E-state index >= 15 is 0 Å². The Morgan fingerprint density at radius 2 is 0.570 bits per heavy atom. The molecule has 0 saturated heterocycles. The molecule has 4 heterocycles. The van der Waals surface area contributed by atoms with Crippen molar-refractivity contribution >= 4 is 176 Å². The van der Waals surface area contributed by atoms with Crippen molar-refractivity contribution in [1.82, 2.24) is 0 Å². The summed E-state index contributed by atoms with van der Waals surface area (Å²) in [4.78, 5) is 9.92. The van der Waals surface area contributed by atoms with Crippen LogP contribution in [0, 0.1) is 0 Å². The first-order chi connectivity index (χ1) is 46.1. The van der Waals surface area contributed by atoms with Crippen LogP contribution >= 0.6 is 22.7 Å². The van der Waals surface area contributed by atoms with E-state index in [2.05, 4.69) is 353 Å². The van der Waals surface area contributed by atoms with Crippen molar-refractivity contribution in [2.45, 2.75) is 0 Å². The lowest BCUT2D eigenvalue weighted by molar-refractivity contribution is 1.26. The number of benzene rings is 15. The molecule has 17 aromatic rings. The van der Waals surface area contributed by atoms with Gasteiger partial charge < -0.3 is 19.6 Å². The predicted molar refractivity (Wildman–Crippen MR) is 401 cm³/mol. The molecule has 93 heavy (non-hydrogen) atoms. The summed E-state index contributed by atoms with van der Waals surface area (Å²) in [6, 6.07) is 124. The molecule has 0 amide bonds. The molecular weight excluding hydrogens is 1160 g/mol. The van der Waals surface area contributed by atoms with Crippen molar-refractivity contribution < 1.29 is 0 Å². The molecule has 434 valence electrons. The molecular formula is C86H55BN4S2. The van der Waals surface area contributed by atoms with E-state index in [-0.39, 0.29) is 6.71 Å². The summed E-state index contributed by atoms with van der Waals surface area (Å²) in [5.41, 5.74) is 22.4. The Hall–Kier alpha value is -11.5. The first kappa shape index (κ1) is 53.4. The molecule has 0 spiro atoms. The lowest BCUT2D eigenvalue weighted by Gasteiger charge is -2.44. The van der Waals surface area contributed by atoms with Gasteiger partial charge >= 0.3 is 0 Å². The normalized spacial score (nSPS) is 12.5. The Kier molecular flexibility index (Phi) is 12.4. The van der Waals surface area contributed by atoms with E-state index in [0.29, 0.717) is 0 Å². The summed E-state index contributed by atoms with van der Waals surface area (Å²) < 4.78 is 5.09. The standard InChI is InChI=1S/C86H55BN4S2/c1-7-24-56(25-8-1)68-36-19-21-38-76(68)90-78-40-23-41-79-86(78)87(74-54-84-72(52-80(74)90)70-48-58-42-44-66(46-60(58)50-82(70)92-84)88(62-28-11-3-12-29-62)63-30-13-4-14-31-63)75-55-85-73(53-81(75)91(79)77-39-22-20-37-69(77)57-26-9-2-10-27-57)71-49-59-43-45-67(47-61(59)51-83(71)93-85)89(64-32-15-5-16-33-64)65-34-17-6-18-35-65/h1-55H. The zero-order valence-electron chi connectivity index (χ0n) is 50.4. The molecule has 19 rings (SSSR count). The van der Waals surface area contributed by atoms with Crippen LogP contribution in [0.2, 0.25) is 0 Å². The number of para-hydroxylation sites is 6. The number of nitrogens with zero attached hydrogens (tertiary/aromatic N) is 4. The van der Waals surface area contributed by atoms with Crippen LogP contribution in [-0.4, -0.2) is 6.71 Å². The maximum atomic E-state index is 2.60. The highest BCUT2D eigenvalue weighted by Crippen LogP contribution is 2.52. The molecule has 2 aromatic heterocycles. The van der Waals surface area contributed by atoms with Crippen molar-refractivity contribution in [2.75, 3.05) is 19.6 Å². The van der Waals surface area contributed by atoms with Gasteiger partial charge in [0.05, 0.1) is 11.4 Å². The van der Waals surface area contributed by atoms with Gasteiger partial charge in [-0.3, -0.25) is 0 Å². The van der Waals surface area contributed by atoms with Crippen molar-refractivity contribution in [3.63, 3.8) is 0 Å². The van der Waals surface area contributed by atoms with Gasteiger partial charge in [0.15, 0.2) is 0 Å². The maximum absolute atomic E-state index is 2.60. The lowest BCUT2D eigenvalue weighted by Crippen LogP contribution is -2.61. The Bertz CT molecular complexity index is 5350. The van der Waals surface area contributed by atoms with Crippen molar-refractivity contribution in [2.24, 2.45) is 0 Å². The Balaban J connectivity index is 0.850. The minimum Gasteiger partial charge on any atom is -0.311 e. The summed E-state index contributed by atoms with van der Waals surface area (Å²) in [7, 11) is 0. The molecule has 0 atom stereocenters. The quantitative estimate of drug-likeness (QED) is 0.127. The van der Waals surface area contributed by atoms with Crippen LogP contribution in [0.3, 0.4) is 0 Å². The number of thiophene rings is 2. The van der Waals surface area contributed by atoms with Gasteiger partial charge in [-0.25, -0.2) is 0 Å². The van der Waals surface area contributed by atoms with Gasteiger partial charge in [0.25, 0.3) is 6.71 Å². The maximum Gasteiger partial charge on any atom is 0.252 e. The van der Waals surface area contributed by atoms with Crippen LogP contribution in [0.1, 0.15) is 0 Å². The van der Waals surface area contributed by atoms with E-state index in [1.165, 1.54) is 123 Å². The van der Waals surface area contributed by atoms with E-state index in [9.17, 15) is 0 Å². The largest absolute Gasteiger partial charge is 0.311 e. The van der Waals surface area contributed by atoms with Gasteiger partial charge in [-0.1, -0.05) is 188 Å². The summed E-state index contributed by atoms with van der Waals surface area (Å²) in [5.74, 6) is 0. The molecule has 2 aliphatic heterocycles. The van der Waals surface area contributed by atoms with Crippen molar-refractivity contribution in [3.8, 4) is 22.3 Å². The molecule has 0 saturated carbocycles.